The lowest BCUT2D eigenvalue weighted by Crippen LogP contribution is -2.12. The van der Waals surface area contributed by atoms with E-state index in [0.29, 0.717) is 32.2 Å². The molecule has 1 aliphatic carbocycles. The number of halogens is 1. The van der Waals surface area contributed by atoms with E-state index in [1.54, 1.807) is 23.5 Å². The molecule has 25 heavy (non-hydrogen) atoms. The minimum absolute atomic E-state index is 0.167. The molecule has 0 unspecified atom stereocenters. The predicted octanol–water partition coefficient (Wildman–Crippen LogP) is 4.58. The van der Waals surface area contributed by atoms with E-state index in [-0.39, 0.29) is 5.56 Å². The normalized spacial score (nSPS) is 14.3. The summed E-state index contributed by atoms with van der Waals surface area (Å²) < 4.78 is 0. The number of hydrogen-bond acceptors (Lipinski definition) is 4. The molecule has 2 heterocycles. The van der Waals surface area contributed by atoms with Crippen LogP contribution >= 0.6 is 22.9 Å². The Morgan fingerprint density at radius 2 is 2.12 bits per heavy atom. The lowest BCUT2D eigenvalue weighted by Gasteiger charge is -2.09. The lowest BCUT2D eigenvalue weighted by atomic mass is 9.97. The smallest absolute Gasteiger partial charge is 0.260 e. The van der Waals surface area contributed by atoms with Crippen LogP contribution in [0, 0.1) is 11.3 Å². The second-order valence-electron chi connectivity index (χ2n) is 6.00. The quantitative estimate of drug-likeness (QED) is 0.674. The van der Waals surface area contributed by atoms with Crippen LogP contribution in [0.3, 0.4) is 0 Å². The molecule has 0 radical (unpaired) electrons. The minimum atomic E-state index is -0.167. The van der Waals surface area contributed by atoms with Crippen LogP contribution in [0.25, 0.3) is 21.9 Å². The van der Waals surface area contributed by atoms with Crippen LogP contribution in [0.1, 0.15) is 34.7 Å². The van der Waals surface area contributed by atoms with Crippen molar-refractivity contribution in [3.05, 3.63) is 61.5 Å². The summed E-state index contributed by atoms with van der Waals surface area (Å²) in [6.45, 7) is 0. The Bertz CT molecular complexity index is 1100. The van der Waals surface area contributed by atoms with Gasteiger partial charge >= 0.3 is 0 Å². The highest BCUT2D eigenvalue weighted by atomic mass is 35.5. The summed E-state index contributed by atoms with van der Waals surface area (Å²) in [6.07, 6.45) is 5.85. The molecule has 2 aromatic heterocycles. The number of thiophene rings is 1. The van der Waals surface area contributed by atoms with Crippen LogP contribution in [-0.2, 0) is 12.8 Å². The highest BCUT2D eigenvalue weighted by molar-refractivity contribution is 7.18. The van der Waals surface area contributed by atoms with E-state index in [1.807, 2.05) is 18.2 Å². The van der Waals surface area contributed by atoms with Gasteiger partial charge in [-0.15, -0.1) is 11.3 Å². The van der Waals surface area contributed by atoms with Crippen LogP contribution in [0.5, 0.6) is 0 Å². The van der Waals surface area contributed by atoms with Crippen molar-refractivity contribution >= 4 is 44.8 Å². The fraction of sp³-hybridized carbons (Fsp3) is 0.211. The van der Waals surface area contributed by atoms with Crippen molar-refractivity contribution in [3.63, 3.8) is 0 Å². The van der Waals surface area contributed by atoms with Gasteiger partial charge in [0.2, 0.25) is 0 Å². The summed E-state index contributed by atoms with van der Waals surface area (Å²) >= 11 is 7.74. The zero-order valence-corrected chi connectivity index (χ0v) is 14.9. The molecule has 0 aliphatic heterocycles. The number of aryl methyl sites for hydroxylation is 2. The number of rotatable bonds is 2. The van der Waals surface area contributed by atoms with Crippen molar-refractivity contribution in [2.75, 3.05) is 0 Å². The zero-order valence-electron chi connectivity index (χ0n) is 13.3. The van der Waals surface area contributed by atoms with Crippen molar-refractivity contribution in [2.45, 2.75) is 25.7 Å². The molecule has 4 rings (SSSR count). The van der Waals surface area contributed by atoms with Crippen molar-refractivity contribution < 1.29 is 0 Å². The molecule has 1 N–H and O–H groups in total. The molecule has 1 aliphatic rings. The average molecular weight is 368 g/mol. The Hall–Kier alpha value is -2.42. The third-order valence-corrected chi connectivity index (χ3v) is 5.94. The van der Waals surface area contributed by atoms with E-state index in [9.17, 15) is 10.1 Å². The van der Waals surface area contributed by atoms with E-state index in [2.05, 4.69) is 16.0 Å². The standard InChI is InChI=1S/C19H14ClN3OS/c20-14-7-3-1-5-11(14)9-12(10-21)17-22-18(24)16-13-6-2-4-8-15(13)25-19(16)23-17/h1,3,5,7,9H,2,4,6,8H2,(H,22,23,24)/b12-9+. The summed E-state index contributed by atoms with van der Waals surface area (Å²) in [5.41, 5.74) is 1.98. The third-order valence-electron chi connectivity index (χ3n) is 4.41. The summed E-state index contributed by atoms with van der Waals surface area (Å²) in [5.74, 6) is 0.290. The second kappa shape index (κ2) is 6.47. The Morgan fingerprint density at radius 1 is 1.32 bits per heavy atom. The lowest BCUT2D eigenvalue weighted by molar-refractivity contribution is 0.700. The molecule has 0 bridgehead atoms. The first kappa shape index (κ1) is 16.1. The number of H-pyrrole nitrogens is 1. The van der Waals surface area contributed by atoms with Gasteiger partial charge in [0.25, 0.3) is 5.56 Å². The topological polar surface area (TPSA) is 69.5 Å². The number of aromatic nitrogens is 2. The van der Waals surface area contributed by atoms with Crippen molar-refractivity contribution in [3.8, 4) is 6.07 Å². The van der Waals surface area contributed by atoms with E-state index in [0.717, 1.165) is 31.2 Å². The number of fused-ring (bicyclic) bond motifs is 3. The molecular formula is C19H14ClN3OS. The Morgan fingerprint density at radius 3 is 2.92 bits per heavy atom. The molecule has 0 saturated heterocycles. The van der Waals surface area contributed by atoms with Gasteiger partial charge in [0.15, 0.2) is 5.82 Å². The van der Waals surface area contributed by atoms with E-state index >= 15 is 0 Å². The van der Waals surface area contributed by atoms with Gasteiger partial charge in [0, 0.05) is 9.90 Å². The first-order valence-corrected chi connectivity index (χ1v) is 9.28. The van der Waals surface area contributed by atoms with E-state index in [4.69, 9.17) is 11.6 Å². The van der Waals surface area contributed by atoms with Gasteiger partial charge in [0.1, 0.15) is 10.9 Å². The predicted molar refractivity (Wildman–Crippen MR) is 102 cm³/mol. The molecule has 1 aromatic carbocycles. The molecule has 0 amide bonds. The van der Waals surface area contributed by atoms with E-state index in [1.165, 1.54) is 4.88 Å². The molecule has 124 valence electrons. The van der Waals surface area contributed by atoms with Gasteiger partial charge in [-0.05, 0) is 49.0 Å². The number of benzene rings is 1. The molecule has 0 atom stereocenters. The minimum Gasteiger partial charge on any atom is -0.305 e. The molecule has 6 heteroatoms. The second-order valence-corrected chi connectivity index (χ2v) is 7.49. The van der Waals surface area contributed by atoms with Crippen LogP contribution in [0.15, 0.2) is 29.1 Å². The van der Waals surface area contributed by atoms with Crippen molar-refractivity contribution in [2.24, 2.45) is 0 Å². The van der Waals surface area contributed by atoms with Gasteiger partial charge in [-0.25, -0.2) is 4.98 Å². The van der Waals surface area contributed by atoms with Gasteiger partial charge in [-0.1, -0.05) is 29.8 Å². The third kappa shape index (κ3) is 2.88. The van der Waals surface area contributed by atoms with Gasteiger partial charge < -0.3 is 4.98 Å². The van der Waals surface area contributed by atoms with Gasteiger partial charge in [-0.2, -0.15) is 5.26 Å². The molecule has 0 spiro atoms. The number of nitrogens with zero attached hydrogens (tertiary/aromatic N) is 2. The maximum absolute atomic E-state index is 12.6. The van der Waals surface area contributed by atoms with Crippen LogP contribution in [0.2, 0.25) is 5.02 Å². The summed E-state index contributed by atoms with van der Waals surface area (Å²) in [5, 5.41) is 10.8. The number of nitrogens with one attached hydrogen (secondary N) is 1. The van der Waals surface area contributed by atoms with Crippen LogP contribution < -0.4 is 5.56 Å². The number of aromatic amines is 1. The number of nitriles is 1. The highest BCUT2D eigenvalue weighted by Gasteiger charge is 2.20. The Kier molecular flexibility index (Phi) is 4.16. The molecular weight excluding hydrogens is 354 g/mol. The SMILES string of the molecule is N#C/C(=C\c1ccccc1Cl)c1nc2sc3c(c2c(=O)[nH]1)CCCC3. The van der Waals surface area contributed by atoms with Crippen LogP contribution in [-0.4, -0.2) is 9.97 Å². The number of hydrogen-bond donors (Lipinski definition) is 1. The summed E-state index contributed by atoms with van der Waals surface area (Å²) in [7, 11) is 0. The summed E-state index contributed by atoms with van der Waals surface area (Å²) in [6, 6.07) is 9.37. The van der Waals surface area contributed by atoms with Gasteiger partial charge in [-0.3, -0.25) is 4.79 Å². The first-order valence-electron chi connectivity index (χ1n) is 8.08. The monoisotopic (exact) mass is 367 g/mol. The first-order chi connectivity index (χ1) is 12.2. The Labute approximate surface area is 153 Å². The molecule has 0 fully saturated rings. The average Bonchev–Trinajstić information content (AvgIpc) is 3.00. The zero-order chi connectivity index (χ0) is 17.4. The number of allylic oxidation sites excluding steroid dienone is 1. The van der Waals surface area contributed by atoms with Crippen molar-refractivity contribution in [1.82, 2.24) is 9.97 Å². The molecule has 4 nitrogen and oxygen atoms in total. The molecule has 0 saturated carbocycles. The van der Waals surface area contributed by atoms with Gasteiger partial charge in [0.05, 0.1) is 11.0 Å². The van der Waals surface area contributed by atoms with Crippen LogP contribution in [0.4, 0.5) is 0 Å². The van der Waals surface area contributed by atoms with E-state index < -0.39 is 0 Å². The maximum Gasteiger partial charge on any atom is 0.260 e. The molecule has 3 aromatic rings. The fourth-order valence-electron chi connectivity index (χ4n) is 3.19. The summed E-state index contributed by atoms with van der Waals surface area (Å²) in [4.78, 5) is 21.9. The largest absolute Gasteiger partial charge is 0.305 e. The fourth-order valence-corrected chi connectivity index (χ4v) is 4.65. The maximum atomic E-state index is 12.6. The van der Waals surface area contributed by atoms with Crippen molar-refractivity contribution in [1.29, 1.82) is 5.26 Å². The highest BCUT2D eigenvalue weighted by Crippen LogP contribution is 2.34. The Balaban J connectivity index is 1.88.